The van der Waals surface area contributed by atoms with Gasteiger partial charge in [-0.05, 0) is 35.9 Å². The van der Waals surface area contributed by atoms with E-state index in [9.17, 15) is 45.1 Å². The first kappa shape index (κ1) is 30.1. The van der Waals surface area contributed by atoms with Gasteiger partial charge in [-0.1, -0.05) is 12.1 Å². The van der Waals surface area contributed by atoms with Crippen LogP contribution in [-0.2, 0) is 21.9 Å². The van der Waals surface area contributed by atoms with Gasteiger partial charge in [0, 0.05) is 58.8 Å². The standard InChI is InChI=1S/C27H27F7N4O3/c1-15(39)37-11-17(12-37)24(40)38-13-22(16-4-6-20(28)7-5-16)23(14-38)36(3)25(41)35(2)21-9-18(26(29,30)31)8-19(10-21)27(32,33)34/h4-10,17,22-23H,11-14H2,1-3H3/t22-,23+/m0/s1. The second-order valence-electron chi connectivity index (χ2n) is 10.3. The van der Waals surface area contributed by atoms with Gasteiger partial charge in [-0.15, -0.1) is 0 Å². The summed E-state index contributed by atoms with van der Waals surface area (Å²) in [4.78, 5) is 43.0. The highest BCUT2D eigenvalue weighted by molar-refractivity contribution is 5.92. The summed E-state index contributed by atoms with van der Waals surface area (Å²) in [6, 6.07) is 4.65. The predicted octanol–water partition coefficient (Wildman–Crippen LogP) is 4.82. The minimum atomic E-state index is -5.09. The SMILES string of the molecule is CC(=O)N1CC(C(=O)N2C[C@@H](N(C)C(=O)N(C)c3cc(C(F)(F)F)cc(C(F)(F)F)c3)[C@H](c3ccc(F)cc3)C2)C1. The van der Waals surface area contributed by atoms with Crippen LogP contribution in [0.5, 0.6) is 0 Å². The third-order valence-electron chi connectivity index (χ3n) is 7.62. The zero-order chi connectivity index (χ0) is 30.4. The Morgan fingerprint density at radius 3 is 1.83 bits per heavy atom. The number of benzene rings is 2. The molecule has 41 heavy (non-hydrogen) atoms. The van der Waals surface area contributed by atoms with Crippen molar-refractivity contribution >= 4 is 23.5 Å². The lowest BCUT2D eigenvalue weighted by molar-refractivity contribution is -0.147. The van der Waals surface area contributed by atoms with Crippen molar-refractivity contribution in [2.24, 2.45) is 5.92 Å². The number of carbonyl (C=O) groups excluding carboxylic acids is 3. The summed E-state index contributed by atoms with van der Waals surface area (Å²) in [7, 11) is 2.40. The first-order valence-corrected chi connectivity index (χ1v) is 12.6. The van der Waals surface area contributed by atoms with E-state index >= 15 is 0 Å². The number of anilines is 1. The van der Waals surface area contributed by atoms with E-state index in [1.54, 1.807) is 0 Å². The normalized spacial score (nSPS) is 19.7. The molecule has 4 rings (SSSR count). The summed E-state index contributed by atoms with van der Waals surface area (Å²) in [5.74, 6) is -1.91. The highest BCUT2D eigenvalue weighted by Crippen LogP contribution is 2.39. The second kappa shape index (κ2) is 10.9. The third kappa shape index (κ3) is 6.25. The van der Waals surface area contributed by atoms with E-state index in [2.05, 4.69) is 0 Å². The molecule has 0 radical (unpaired) electrons. The van der Waals surface area contributed by atoms with E-state index in [0.29, 0.717) is 22.6 Å². The van der Waals surface area contributed by atoms with Gasteiger partial charge in [0.25, 0.3) is 0 Å². The van der Waals surface area contributed by atoms with E-state index in [4.69, 9.17) is 0 Å². The first-order valence-electron chi connectivity index (χ1n) is 12.6. The zero-order valence-corrected chi connectivity index (χ0v) is 22.3. The molecule has 222 valence electrons. The Labute approximate surface area is 231 Å². The third-order valence-corrected chi connectivity index (χ3v) is 7.62. The fraction of sp³-hybridized carbons (Fsp3) is 0.444. The summed E-state index contributed by atoms with van der Waals surface area (Å²) in [5.41, 5.74) is -3.16. The number of hydrogen-bond acceptors (Lipinski definition) is 3. The maximum absolute atomic E-state index is 13.6. The molecule has 0 aromatic heterocycles. The fourth-order valence-electron chi connectivity index (χ4n) is 5.17. The fourth-order valence-corrected chi connectivity index (χ4v) is 5.17. The van der Waals surface area contributed by atoms with Crippen LogP contribution in [0.2, 0.25) is 0 Å². The van der Waals surface area contributed by atoms with Crippen molar-refractivity contribution in [3.63, 3.8) is 0 Å². The van der Waals surface area contributed by atoms with Gasteiger partial charge in [0.1, 0.15) is 5.82 Å². The molecule has 4 amide bonds. The monoisotopic (exact) mass is 588 g/mol. The van der Waals surface area contributed by atoms with E-state index in [1.165, 1.54) is 48.0 Å². The van der Waals surface area contributed by atoms with Crippen molar-refractivity contribution in [2.75, 3.05) is 45.2 Å². The predicted molar refractivity (Wildman–Crippen MR) is 133 cm³/mol. The molecule has 2 fully saturated rings. The van der Waals surface area contributed by atoms with Crippen LogP contribution < -0.4 is 4.90 Å². The summed E-state index contributed by atoms with van der Waals surface area (Å²) < 4.78 is 94.0. The van der Waals surface area contributed by atoms with Gasteiger partial charge in [0.05, 0.1) is 23.1 Å². The smallest absolute Gasteiger partial charge is 0.341 e. The Kier molecular flexibility index (Phi) is 7.98. The quantitative estimate of drug-likeness (QED) is 0.482. The Hall–Kier alpha value is -3.84. The molecule has 7 nitrogen and oxygen atoms in total. The molecule has 14 heteroatoms. The van der Waals surface area contributed by atoms with Crippen LogP contribution in [-0.4, -0.2) is 78.9 Å². The lowest BCUT2D eigenvalue weighted by atomic mass is 9.93. The summed E-state index contributed by atoms with van der Waals surface area (Å²) in [6.07, 6.45) is -10.2. The Morgan fingerprint density at radius 1 is 0.805 bits per heavy atom. The number of hydrogen-bond donors (Lipinski definition) is 0. The minimum Gasteiger partial charge on any atom is -0.341 e. The number of likely N-dealkylation sites (N-methyl/N-ethyl adjacent to an activating group) is 1. The van der Waals surface area contributed by atoms with E-state index in [-0.39, 0.29) is 44.1 Å². The lowest BCUT2D eigenvalue weighted by Gasteiger charge is -2.39. The molecule has 0 spiro atoms. The molecule has 2 saturated heterocycles. The number of urea groups is 1. The van der Waals surface area contributed by atoms with E-state index in [0.717, 1.165) is 11.9 Å². The molecular weight excluding hydrogens is 561 g/mol. The molecule has 2 aliphatic rings. The summed E-state index contributed by atoms with van der Waals surface area (Å²) in [5, 5.41) is 0. The molecule has 2 atom stereocenters. The molecule has 0 N–H and O–H groups in total. The lowest BCUT2D eigenvalue weighted by Crippen LogP contribution is -2.56. The molecule has 2 aromatic carbocycles. The maximum Gasteiger partial charge on any atom is 0.416 e. The van der Waals surface area contributed by atoms with Gasteiger partial charge < -0.3 is 14.7 Å². The van der Waals surface area contributed by atoms with Crippen LogP contribution in [0.25, 0.3) is 0 Å². The average molecular weight is 589 g/mol. The Balaban J connectivity index is 1.61. The Morgan fingerprint density at radius 2 is 1.34 bits per heavy atom. The van der Waals surface area contributed by atoms with Gasteiger partial charge in [-0.2, -0.15) is 26.3 Å². The van der Waals surface area contributed by atoms with Gasteiger partial charge in [0.2, 0.25) is 11.8 Å². The van der Waals surface area contributed by atoms with Crippen molar-refractivity contribution in [3.05, 3.63) is 65.0 Å². The van der Waals surface area contributed by atoms with Crippen LogP contribution >= 0.6 is 0 Å². The summed E-state index contributed by atoms with van der Waals surface area (Å²) >= 11 is 0. The van der Waals surface area contributed by atoms with Crippen LogP contribution in [0.4, 0.5) is 41.2 Å². The average Bonchev–Trinajstić information content (AvgIpc) is 3.31. The first-order chi connectivity index (χ1) is 19.0. The molecular formula is C27H27F7N4O3. The topological polar surface area (TPSA) is 64.2 Å². The largest absolute Gasteiger partial charge is 0.416 e. The van der Waals surface area contributed by atoms with E-state index < -0.39 is 58.9 Å². The Bertz CT molecular complexity index is 1290. The van der Waals surface area contributed by atoms with Crippen molar-refractivity contribution in [2.45, 2.75) is 31.2 Å². The second-order valence-corrected chi connectivity index (χ2v) is 10.3. The number of nitrogens with zero attached hydrogens (tertiary/aromatic N) is 4. The van der Waals surface area contributed by atoms with E-state index in [1.807, 2.05) is 0 Å². The number of likely N-dealkylation sites (tertiary alicyclic amines) is 2. The molecule has 2 aromatic rings. The van der Waals surface area contributed by atoms with Crippen LogP contribution in [0.1, 0.15) is 29.5 Å². The number of halogens is 7. The number of carbonyl (C=O) groups is 3. The number of alkyl halides is 6. The molecule has 2 aliphatic heterocycles. The van der Waals surface area contributed by atoms with Crippen molar-refractivity contribution in [3.8, 4) is 0 Å². The molecule has 0 unspecified atom stereocenters. The molecule has 0 aliphatic carbocycles. The van der Waals surface area contributed by atoms with Gasteiger partial charge >= 0.3 is 18.4 Å². The number of rotatable bonds is 4. The highest BCUT2D eigenvalue weighted by Gasteiger charge is 2.45. The maximum atomic E-state index is 13.6. The molecule has 2 heterocycles. The molecule has 0 saturated carbocycles. The highest BCUT2D eigenvalue weighted by atomic mass is 19.4. The van der Waals surface area contributed by atoms with Gasteiger partial charge in [-0.3, -0.25) is 14.5 Å². The van der Waals surface area contributed by atoms with Gasteiger partial charge in [0.15, 0.2) is 0 Å². The van der Waals surface area contributed by atoms with Crippen molar-refractivity contribution in [1.29, 1.82) is 0 Å². The zero-order valence-electron chi connectivity index (χ0n) is 22.3. The number of amides is 4. The minimum absolute atomic E-state index is 0.0178. The van der Waals surface area contributed by atoms with Gasteiger partial charge in [-0.25, -0.2) is 9.18 Å². The molecule has 0 bridgehead atoms. The van der Waals surface area contributed by atoms with Crippen LogP contribution in [0, 0.1) is 11.7 Å². The van der Waals surface area contributed by atoms with Crippen molar-refractivity contribution < 1.29 is 45.1 Å². The summed E-state index contributed by atoms with van der Waals surface area (Å²) in [6.45, 7) is 2.02. The van der Waals surface area contributed by atoms with Crippen LogP contribution in [0.15, 0.2) is 42.5 Å². The van der Waals surface area contributed by atoms with Crippen molar-refractivity contribution in [1.82, 2.24) is 14.7 Å². The van der Waals surface area contributed by atoms with Crippen LogP contribution in [0.3, 0.4) is 0 Å².